The summed E-state index contributed by atoms with van der Waals surface area (Å²) < 4.78 is 0. The molecule has 0 aromatic heterocycles. The molecule has 0 amide bonds. The van der Waals surface area contributed by atoms with E-state index >= 15 is 0 Å². The molecule has 1 aliphatic rings. The van der Waals surface area contributed by atoms with Crippen molar-refractivity contribution in [2.45, 2.75) is 25.3 Å². The van der Waals surface area contributed by atoms with Gasteiger partial charge in [-0.1, -0.05) is 23.8 Å². The second-order valence-corrected chi connectivity index (χ2v) is 4.15. The maximum absolute atomic E-state index is 9.14. The van der Waals surface area contributed by atoms with Gasteiger partial charge in [0.2, 0.25) is 0 Å². The number of aliphatic hydroxyl groups is 1. The van der Waals surface area contributed by atoms with Gasteiger partial charge < -0.3 is 10.8 Å². The van der Waals surface area contributed by atoms with Crippen molar-refractivity contribution >= 4 is 0 Å². The van der Waals surface area contributed by atoms with Crippen LogP contribution in [0.3, 0.4) is 0 Å². The number of aryl methyl sites for hydroxylation is 1. The van der Waals surface area contributed by atoms with Crippen molar-refractivity contribution in [2.75, 3.05) is 6.61 Å². The largest absolute Gasteiger partial charge is 0.394 e. The molecular weight excluding hydrogens is 162 g/mol. The van der Waals surface area contributed by atoms with Crippen LogP contribution >= 0.6 is 0 Å². The molecule has 0 saturated carbocycles. The predicted molar refractivity (Wildman–Crippen MR) is 52.6 cm³/mol. The summed E-state index contributed by atoms with van der Waals surface area (Å²) in [7, 11) is 0. The Balaban J connectivity index is 2.35. The molecule has 0 spiro atoms. The van der Waals surface area contributed by atoms with Gasteiger partial charge in [0, 0.05) is 5.54 Å². The lowest BCUT2D eigenvalue weighted by Gasteiger charge is -2.19. The highest BCUT2D eigenvalue weighted by Gasteiger charge is 2.32. The van der Waals surface area contributed by atoms with E-state index < -0.39 is 5.54 Å². The Kier molecular flexibility index (Phi) is 1.90. The zero-order valence-electron chi connectivity index (χ0n) is 7.88. The van der Waals surface area contributed by atoms with E-state index in [0.29, 0.717) is 0 Å². The first kappa shape index (κ1) is 8.73. The van der Waals surface area contributed by atoms with Crippen LogP contribution in [0.2, 0.25) is 0 Å². The fraction of sp³-hybridized carbons (Fsp3) is 0.455. The third kappa shape index (κ3) is 1.47. The van der Waals surface area contributed by atoms with Crippen LogP contribution in [0.15, 0.2) is 18.2 Å². The highest BCUT2D eigenvalue weighted by Crippen LogP contribution is 2.28. The Labute approximate surface area is 78.4 Å². The van der Waals surface area contributed by atoms with E-state index in [1.165, 1.54) is 16.7 Å². The van der Waals surface area contributed by atoms with Crippen molar-refractivity contribution in [2.24, 2.45) is 5.73 Å². The van der Waals surface area contributed by atoms with E-state index in [4.69, 9.17) is 10.8 Å². The molecule has 0 aliphatic heterocycles. The van der Waals surface area contributed by atoms with Crippen LogP contribution in [-0.4, -0.2) is 17.3 Å². The lowest BCUT2D eigenvalue weighted by Crippen LogP contribution is -2.44. The Bertz CT molecular complexity index is 335. The normalized spacial score (nSPS) is 26.1. The van der Waals surface area contributed by atoms with E-state index in [-0.39, 0.29) is 6.61 Å². The quantitative estimate of drug-likeness (QED) is 0.666. The van der Waals surface area contributed by atoms with Crippen LogP contribution in [0.5, 0.6) is 0 Å². The van der Waals surface area contributed by atoms with Crippen molar-refractivity contribution in [3.05, 3.63) is 34.9 Å². The van der Waals surface area contributed by atoms with Crippen LogP contribution in [0.25, 0.3) is 0 Å². The summed E-state index contributed by atoms with van der Waals surface area (Å²) in [5.41, 5.74) is 9.46. The van der Waals surface area contributed by atoms with E-state index in [1.54, 1.807) is 0 Å². The topological polar surface area (TPSA) is 46.2 Å². The molecule has 1 aromatic rings. The van der Waals surface area contributed by atoms with Crippen molar-refractivity contribution < 1.29 is 5.11 Å². The van der Waals surface area contributed by atoms with E-state index in [1.807, 2.05) is 0 Å². The lowest BCUT2D eigenvalue weighted by atomic mass is 9.99. The highest BCUT2D eigenvalue weighted by molar-refractivity contribution is 5.38. The molecule has 1 aromatic carbocycles. The minimum Gasteiger partial charge on any atom is -0.394 e. The Morgan fingerprint density at radius 2 is 2.08 bits per heavy atom. The second kappa shape index (κ2) is 2.82. The van der Waals surface area contributed by atoms with E-state index in [9.17, 15) is 0 Å². The third-order valence-corrected chi connectivity index (χ3v) is 2.76. The smallest absolute Gasteiger partial charge is 0.0617 e. The van der Waals surface area contributed by atoms with Crippen molar-refractivity contribution in [3.63, 3.8) is 0 Å². The fourth-order valence-corrected chi connectivity index (χ4v) is 2.02. The van der Waals surface area contributed by atoms with Gasteiger partial charge in [-0.15, -0.1) is 0 Å². The molecule has 2 rings (SSSR count). The Hall–Kier alpha value is -0.860. The van der Waals surface area contributed by atoms with Crippen LogP contribution in [0, 0.1) is 6.92 Å². The van der Waals surface area contributed by atoms with Gasteiger partial charge in [0.1, 0.15) is 0 Å². The number of benzene rings is 1. The number of aliphatic hydroxyl groups excluding tert-OH is 1. The number of hydrogen-bond donors (Lipinski definition) is 2. The molecule has 0 bridgehead atoms. The van der Waals surface area contributed by atoms with Crippen LogP contribution in [0.1, 0.15) is 16.7 Å². The third-order valence-electron chi connectivity index (χ3n) is 2.76. The lowest BCUT2D eigenvalue weighted by molar-refractivity contribution is 0.202. The van der Waals surface area contributed by atoms with E-state index in [2.05, 4.69) is 25.1 Å². The molecule has 0 heterocycles. The van der Waals surface area contributed by atoms with Gasteiger partial charge in [-0.3, -0.25) is 0 Å². The SMILES string of the molecule is Cc1ccc2c(c1)CC(N)(CO)C2. The zero-order chi connectivity index (χ0) is 9.47. The molecule has 1 aliphatic carbocycles. The minimum atomic E-state index is -0.407. The molecule has 1 atom stereocenters. The van der Waals surface area contributed by atoms with Crippen LogP contribution in [-0.2, 0) is 12.8 Å². The molecule has 70 valence electrons. The molecule has 0 saturated heterocycles. The Morgan fingerprint density at radius 3 is 2.77 bits per heavy atom. The van der Waals surface area contributed by atoms with Gasteiger partial charge in [-0.05, 0) is 30.9 Å². The first-order valence-electron chi connectivity index (χ1n) is 4.61. The predicted octanol–water partition coefficient (Wildman–Crippen LogP) is 0.783. The summed E-state index contributed by atoms with van der Waals surface area (Å²) >= 11 is 0. The monoisotopic (exact) mass is 177 g/mol. The maximum Gasteiger partial charge on any atom is 0.0617 e. The van der Waals surface area contributed by atoms with Gasteiger partial charge >= 0.3 is 0 Å². The molecule has 0 radical (unpaired) electrons. The number of rotatable bonds is 1. The molecule has 2 heteroatoms. The Morgan fingerprint density at radius 1 is 1.38 bits per heavy atom. The van der Waals surface area contributed by atoms with Crippen molar-refractivity contribution in [3.8, 4) is 0 Å². The molecule has 13 heavy (non-hydrogen) atoms. The number of nitrogens with two attached hydrogens (primary N) is 1. The molecule has 1 unspecified atom stereocenters. The van der Waals surface area contributed by atoms with Crippen molar-refractivity contribution in [1.82, 2.24) is 0 Å². The van der Waals surface area contributed by atoms with Gasteiger partial charge in [0.25, 0.3) is 0 Å². The number of hydrogen-bond acceptors (Lipinski definition) is 2. The summed E-state index contributed by atoms with van der Waals surface area (Å²) in [5, 5.41) is 9.14. The second-order valence-electron chi connectivity index (χ2n) is 4.15. The summed E-state index contributed by atoms with van der Waals surface area (Å²) in [6, 6.07) is 6.39. The van der Waals surface area contributed by atoms with Gasteiger partial charge in [0.05, 0.1) is 6.61 Å². The van der Waals surface area contributed by atoms with Crippen LogP contribution < -0.4 is 5.73 Å². The first-order valence-corrected chi connectivity index (χ1v) is 4.61. The molecule has 0 fully saturated rings. The molecular formula is C11H15NO. The number of fused-ring (bicyclic) bond motifs is 1. The summed E-state index contributed by atoms with van der Waals surface area (Å²) in [5.74, 6) is 0. The standard InChI is InChI=1S/C11H15NO/c1-8-2-3-9-5-11(12,7-13)6-10(9)4-8/h2-4,13H,5-7,12H2,1H3. The molecule has 2 nitrogen and oxygen atoms in total. The average Bonchev–Trinajstić information content (AvgIpc) is 2.42. The first-order chi connectivity index (χ1) is 6.13. The summed E-state index contributed by atoms with van der Waals surface area (Å²) in [6.07, 6.45) is 1.61. The zero-order valence-corrected chi connectivity index (χ0v) is 7.88. The maximum atomic E-state index is 9.14. The van der Waals surface area contributed by atoms with E-state index in [0.717, 1.165) is 12.8 Å². The highest BCUT2D eigenvalue weighted by atomic mass is 16.3. The summed E-state index contributed by atoms with van der Waals surface area (Å²) in [6.45, 7) is 2.15. The van der Waals surface area contributed by atoms with Gasteiger partial charge in [-0.2, -0.15) is 0 Å². The molecule has 3 N–H and O–H groups in total. The van der Waals surface area contributed by atoms with Gasteiger partial charge in [-0.25, -0.2) is 0 Å². The summed E-state index contributed by atoms with van der Waals surface area (Å²) in [4.78, 5) is 0. The van der Waals surface area contributed by atoms with Crippen molar-refractivity contribution in [1.29, 1.82) is 0 Å². The van der Waals surface area contributed by atoms with Gasteiger partial charge in [0.15, 0.2) is 0 Å². The average molecular weight is 177 g/mol. The van der Waals surface area contributed by atoms with Crippen LogP contribution in [0.4, 0.5) is 0 Å². The minimum absolute atomic E-state index is 0.0702. The fourth-order valence-electron chi connectivity index (χ4n) is 2.02.